The molecule has 1 atom stereocenters. The van der Waals surface area contributed by atoms with E-state index < -0.39 is 16.8 Å². The number of rotatable bonds is 9. The molecule has 4 aromatic carbocycles. The van der Waals surface area contributed by atoms with E-state index in [2.05, 4.69) is 6.07 Å². The minimum Gasteiger partial charge on any atom is -0.490 e. The third kappa shape index (κ3) is 6.39. The van der Waals surface area contributed by atoms with Gasteiger partial charge in [0.05, 0.1) is 23.0 Å². The number of ether oxygens (including phenoxy) is 4. The predicted octanol–water partition coefficient (Wildman–Crippen LogP) is 7.32. The first-order valence-electron chi connectivity index (χ1n) is 13.2. The number of fused-ring (bicyclic) bond motifs is 1. The lowest BCUT2D eigenvalue weighted by Crippen LogP contribution is -2.21. The molecular formula is C32H23Cl2N3O7. The van der Waals surface area contributed by atoms with Gasteiger partial charge >= 0.3 is 5.97 Å². The average molecular weight is 632 g/mol. The SMILES string of the molecule is CCOc1cc(C2C(C#N)=C(N)Oc3cc(OC(=O)c4cccc([N+](=O)[O-])c4)ccc32)ccc1OCc1ccc(Cl)cc1Cl. The zero-order valence-corrected chi connectivity index (χ0v) is 24.6. The summed E-state index contributed by atoms with van der Waals surface area (Å²) >= 11 is 12.3. The Bertz CT molecular complexity index is 1850. The lowest BCUT2D eigenvalue weighted by atomic mass is 9.83. The maximum absolute atomic E-state index is 12.7. The second-order valence-electron chi connectivity index (χ2n) is 9.48. The van der Waals surface area contributed by atoms with Crippen LogP contribution in [0.5, 0.6) is 23.0 Å². The molecule has 1 heterocycles. The summed E-state index contributed by atoms with van der Waals surface area (Å²) in [4.78, 5) is 23.2. The fourth-order valence-electron chi connectivity index (χ4n) is 4.64. The minimum absolute atomic E-state index is 0.00554. The molecule has 2 N–H and O–H groups in total. The van der Waals surface area contributed by atoms with Crippen LogP contribution >= 0.6 is 23.2 Å². The molecule has 222 valence electrons. The molecule has 1 unspecified atom stereocenters. The van der Waals surface area contributed by atoms with Gasteiger partial charge in [-0.05, 0) is 48.9 Å². The highest BCUT2D eigenvalue weighted by Gasteiger charge is 2.32. The highest BCUT2D eigenvalue weighted by molar-refractivity contribution is 6.35. The van der Waals surface area contributed by atoms with Crippen molar-refractivity contribution in [3.05, 3.63) is 133 Å². The number of allylic oxidation sites excluding steroid dienone is 1. The van der Waals surface area contributed by atoms with Crippen molar-refractivity contribution in [1.82, 2.24) is 0 Å². The number of halogens is 2. The monoisotopic (exact) mass is 631 g/mol. The van der Waals surface area contributed by atoms with Crippen LogP contribution in [0.15, 0.2) is 90.3 Å². The van der Waals surface area contributed by atoms with Gasteiger partial charge in [0, 0.05) is 39.4 Å². The van der Waals surface area contributed by atoms with E-state index in [9.17, 15) is 20.2 Å². The fraction of sp³-hybridized carbons (Fsp3) is 0.125. The summed E-state index contributed by atoms with van der Waals surface area (Å²) in [5.74, 6) is -0.237. The molecule has 0 saturated carbocycles. The Labute approximate surface area is 261 Å². The van der Waals surface area contributed by atoms with Crippen LogP contribution in [0.2, 0.25) is 10.0 Å². The van der Waals surface area contributed by atoms with E-state index in [1.165, 1.54) is 30.3 Å². The summed E-state index contributed by atoms with van der Waals surface area (Å²) in [5.41, 5.74) is 8.13. The lowest BCUT2D eigenvalue weighted by Gasteiger charge is -2.27. The normalized spacial score (nSPS) is 13.7. The summed E-state index contributed by atoms with van der Waals surface area (Å²) < 4.78 is 23.1. The third-order valence-electron chi connectivity index (χ3n) is 6.69. The number of carbonyl (C=O) groups is 1. The van der Waals surface area contributed by atoms with Crippen LogP contribution in [0.4, 0.5) is 5.69 Å². The molecule has 0 spiro atoms. The number of hydrogen-bond acceptors (Lipinski definition) is 9. The Morgan fingerprint density at radius 3 is 2.59 bits per heavy atom. The molecule has 5 rings (SSSR count). The molecule has 0 bridgehead atoms. The number of carbonyl (C=O) groups excluding carboxylic acids is 1. The van der Waals surface area contributed by atoms with Crippen LogP contribution in [0.25, 0.3) is 0 Å². The van der Waals surface area contributed by atoms with Crippen LogP contribution in [0.3, 0.4) is 0 Å². The predicted molar refractivity (Wildman–Crippen MR) is 162 cm³/mol. The second-order valence-corrected chi connectivity index (χ2v) is 10.3. The number of nitro benzene ring substituents is 1. The number of benzene rings is 4. The van der Waals surface area contributed by atoms with Gasteiger partial charge in [-0.2, -0.15) is 5.26 Å². The van der Waals surface area contributed by atoms with Gasteiger partial charge in [-0.1, -0.05) is 47.5 Å². The summed E-state index contributed by atoms with van der Waals surface area (Å²) in [7, 11) is 0. The third-order valence-corrected chi connectivity index (χ3v) is 7.28. The number of non-ortho nitro benzene ring substituents is 1. The van der Waals surface area contributed by atoms with Gasteiger partial charge in [-0.25, -0.2) is 4.79 Å². The number of nitro groups is 1. The zero-order valence-electron chi connectivity index (χ0n) is 23.1. The van der Waals surface area contributed by atoms with E-state index >= 15 is 0 Å². The van der Waals surface area contributed by atoms with Crippen molar-refractivity contribution in [2.24, 2.45) is 5.73 Å². The first-order valence-corrected chi connectivity index (χ1v) is 14.0. The number of esters is 1. The molecule has 1 aliphatic heterocycles. The van der Waals surface area contributed by atoms with Crippen molar-refractivity contribution in [2.45, 2.75) is 19.4 Å². The molecular weight excluding hydrogens is 609 g/mol. The second kappa shape index (κ2) is 13.0. The van der Waals surface area contributed by atoms with Gasteiger partial charge in [-0.15, -0.1) is 0 Å². The van der Waals surface area contributed by atoms with Crippen molar-refractivity contribution >= 4 is 34.9 Å². The minimum atomic E-state index is -0.793. The Morgan fingerprint density at radius 1 is 1.05 bits per heavy atom. The molecule has 44 heavy (non-hydrogen) atoms. The highest BCUT2D eigenvalue weighted by Crippen LogP contribution is 2.45. The molecule has 0 radical (unpaired) electrons. The molecule has 0 fully saturated rings. The van der Waals surface area contributed by atoms with E-state index in [1.54, 1.807) is 42.5 Å². The summed E-state index contributed by atoms with van der Waals surface area (Å²) in [6.45, 7) is 2.36. The topological polar surface area (TPSA) is 147 Å². The van der Waals surface area contributed by atoms with Gasteiger partial charge in [0.1, 0.15) is 29.7 Å². The van der Waals surface area contributed by atoms with Gasteiger partial charge in [-0.3, -0.25) is 10.1 Å². The molecule has 1 aliphatic rings. The van der Waals surface area contributed by atoms with Crippen LogP contribution < -0.4 is 24.7 Å². The highest BCUT2D eigenvalue weighted by atomic mass is 35.5. The van der Waals surface area contributed by atoms with E-state index in [1.807, 2.05) is 6.92 Å². The van der Waals surface area contributed by atoms with Crippen molar-refractivity contribution in [2.75, 3.05) is 6.61 Å². The maximum Gasteiger partial charge on any atom is 0.343 e. The molecule has 0 aliphatic carbocycles. The smallest absolute Gasteiger partial charge is 0.343 e. The van der Waals surface area contributed by atoms with E-state index in [0.29, 0.717) is 39.3 Å². The first kappa shape index (κ1) is 30.2. The summed E-state index contributed by atoms with van der Waals surface area (Å²) in [5, 5.41) is 22.1. The van der Waals surface area contributed by atoms with Gasteiger partial charge in [0.2, 0.25) is 5.88 Å². The summed E-state index contributed by atoms with van der Waals surface area (Å²) in [6, 6.07) is 22.4. The standard InChI is InChI=1S/C32H23Cl2N3O7/c1-2-41-29-13-18(7-11-27(29)42-17-20-6-8-21(33)14-26(20)34)30-24-10-9-23(15-28(24)44-31(36)25(30)16-35)43-32(38)19-4-3-5-22(12-19)37(39)40/h3-15,30H,2,17,36H2,1H3. The number of hydrogen-bond donors (Lipinski definition) is 1. The summed E-state index contributed by atoms with van der Waals surface area (Å²) in [6.07, 6.45) is 0. The largest absolute Gasteiger partial charge is 0.490 e. The Kier molecular flexibility index (Phi) is 8.90. The molecule has 0 saturated heterocycles. The van der Waals surface area contributed by atoms with Gasteiger partial charge in [0.25, 0.3) is 5.69 Å². The van der Waals surface area contributed by atoms with Gasteiger partial charge < -0.3 is 24.7 Å². The van der Waals surface area contributed by atoms with Gasteiger partial charge in [0.15, 0.2) is 11.5 Å². The molecule has 10 nitrogen and oxygen atoms in total. The molecule has 12 heteroatoms. The Morgan fingerprint density at radius 2 is 1.86 bits per heavy atom. The van der Waals surface area contributed by atoms with E-state index in [-0.39, 0.29) is 40.8 Å². The van der Waals surface area contributed by atoms with Crippen LogP contribution in [-0.4, -0.2) is 17.5 Å². The van der Waals surface area contributed by atoms with Crippen molar-refractivity contribution in [3.63, 3.8) is 0 Å². The Hall–Kier alpha value is -5.24. The number of nitrogens with two attached hydrogens (primary N) is 1. The fourth-order valence-corrected chi connectivity index (χ4v) is 5.10. The van der Waals surface area contributed by atoms with Crippen molar-refractivity contribution < 1.29 is 28.7 Å². The maximum atomic E-state index is 12.7. The van der Waals surface area contributed by atoms with Crippen LogP contribution in [0, 0.1) is 21.4 Å². The van der Waals surface area contributed by atoms with Crippen LogP contribution in [0.1, 0.15) is 39.9 Å². The molecule has 0 aromatic heterocycles. The van der Waals surface area contributed by atoms with Crippen molar-refractivity contribution in [1.29, 1.82) is 5.26 Å². The number of nitrogens with zero attached hydrogens (tertiary/aromatic N) is 2. The van der Waals surface area contributed by atoms with Crippen molar-refractivity contribution in [3.8, 4) is 29.1 Å². The molecule has 0 amide bonds. The zero-order chi connectivity index (χ0) is 31.4. The number of nitriles is 1. The lowest BCUT2D eigenvalue weighted by molar-refractivity contribution is -0.384. The molecule has 4 aromatic rings. The average Bonchev–Trinajstić information content (AvgIpc) is 3.00. The first-order chi connectivity index (χ1) is 21.2. The Balaban J connectivity index is 1.44. The quantitative estimate of drug-likeness (QED) is 0.0868. The van der Waals surface area contributed by atoms with E-state index in [4.69, 9.17) is 47.9 Å². The van der Waals surface area contributed by atoms with Crippen LogP contribution in [-0.2, 0) is 6.61 Å². The van der Waals surface area contributed by atoms with E-state index in [0.717, 1.165) is 11.6 Å².